The van der Waals surface area contributed by atoms with Crippen LogP contribution in [-0.2, 0) is 14.3 Å². The highest BCUT2D eigenvalue weighted by Gasteiger charge is 2.27. The van der Waals surface area contributed by atoms with Gasteiger partial charge in [-0.1, -0.05) is 25.2 Å². The molecule has 3 rings (SSSR count). The van der Waals surface area contributed by atoms with E-state index in [4.69, 9.17) is 4.74 Å². The molecule has 7 nitrogen and oxygen atoms in total. The maximum absolute atomic E-state index is 13.8. The number of nitrogens with one attached hydrogen (secondary N) is 2. The number of halogens is 4. The summed E-state index contributed by atoms with van der Waals surface area (Å²) in [6.45, 7) is 2.53. The van der Waals surface area contributed by atoms with E-state index in [1.54, 1.807) is 13.8 Å². The first kappa shape index (κ1) is 24.1. The lowest BCUT2D eigenvalue weighted by Gasteiger charge is -2.20. The summed E-state index contributed by atoms with van der Waals surface area (Å²) in [6.07, 6.45) is 0. The second-order valence-corrected chi connectivity index (χ2v) is 8.24. The molecule has 174 valence electrons. The number of benzene rings is 2. The molecule has 3 aromatic rings. The molecular weight excluding hydrogens is 466 g/mol. The quantitative estimate of drug-likeness (QED) is 0.303. The van der Waals surface area contributed by atoms with Crippen LogP contribution in [0.2, 0.25) is 0 Å². The second-order valence-electron chi connectivity index (χ2n) is 7.21. The van der Waals surface area contributed by atoms with Crippen LogP contribution in [0.15, 0.2) is 30.3 Å². The summed E-state index contributed by atoms with van der Waals surface area (Å²) in [7, 11) is 0. The zero-order valence-electron chi connectivity index (χ0n) is 17.2. The summed E-state index contributed by atoms with van der Waals surface area (Å²) in [5, 5.41) is 4.57. The maximum Gasteiger partial charge on any atom is 0.329 e. The largest absolute Gasteiger partial charge is 0.454 e. The number of thiazole rings is 1. The van der Waals surface area contributed by atoms with E-state index in [-0.39, 0.29) is 15.4 Å². The third-order valence-electron chi connectivity index (χ3n) is 4.43. The monoisotopic (exact) mass is 483 g/mol. The van der Waals surface area contributed by atoms with Crippen LogP contribution in [-0.4, -0.2) is 35.4 Å². The van der Waals surface area contributed by atoms with E-state index in [0.717, 1.165) is 18.2 Å². The Morgan fingerprint density at radius 1 is 1.06 bits per heavy atom. The number of fused-ring (bicyclic) bond motifs is 1. The Hall–Kier alpha value is -3.54. The third-order valence-corrected chi connectivity index (χ3v) is 5.34. The van der Waals surface area contributed by atoms with E-state index in [1.165, 1.54) is 12.1 Å². The molecule has 2 aromatic carbocycles. The Balaban J connectivity index is 1.60. The minimum Gasteiger partial charge on any atom is -0.454 e. The smallest absolute Gasteiger partial charge is 0.329 e. The number of aromatic nitrogens is 1. The molecular formula is C21H17F4N3O4S. The minimum absolute atomic E-state index is 0.0259. The van der Waals surface area contributed by atoms with Crippen molar-refractivity contribution in [2.24, 2.45) is 5.92 Å². The number of amides is 2. The lowest BCUT2D eigenvalue weighted by atomic mass is 10.0. The highest BCUT2D eigenvalue weighted by Crippen LogP contribution is 2.30. The van der Waals surface area contributed by atoms with Gasteiger partial charge in [0.05, 0.1) is 4.70 Å². The van der Waals surface area contributed by atoms with Crippen LogP contribution in [0.3, 0.4) is 0 Å². The molecule has 12 heteroatoms. The van der Waals surface area contributed by atoms with Gasteiger partial charge in [-0.25, -0.2) is 27.3 Å². The van der Waals surface area contributed by atoms with Crippen molar-refractivity contribution in [3.63, 3.8) is 0 Å². The molecule has 0 radical (unpaired) electrons. The van der Waals surface area contributed by atoms with Gasteiger partial charge in [-0.3, -0.25) is 14.9 Å². The lowest BCUT2D eigenvalue weighted by molar-refractivity contribution is -0.150. The molecule has 1 atom stereocenters. The second kappa shape index (κ2) is 9.94. The predicted octanol–water partition coefficient (Wildman–Crippen LogP) is 3.79. The van der Waals surface area contributed by atoms with Gasteiger partial charge < -0.3 is 10.1 Å². The molecule has 0 saturated heterocycles. The average molecular weight is 483 g/mol. The standard InChI is InChI=1S/C21H17F4N3O4S/c1-9(2)17(27-19(30)10-3-5-11(22)6-4-10)20(31)32-8-14(29)26-21-28-18-13(33-21)7-12(23)15(24)16(18)25/h3-7,9,17H,8H2,1-2H3,(H,27,30)(H,26,28,29). The molecule has 1 heterocycles. The Bertz CT molecular complexity index is 1210. The lowest BCUT2D eigenvalue weighted by Crippen LogP contribution is -2.45. The van der Waals surface area contributed by atoms with Crippen molar-refractivity contribution in [2.45, 2.75) is 19.9 Å². The number of nitrogens with zero attached hydrogens (tertiary/aromatic N) is 1. The van der Waals surface area contributed by atoms with Gasteiger partial charge in [0.25, 0.3) is 11.8 Å². The van der Waals surface area contributed by atoms with Gasteiger partial charge in [0, 0.05) is 5.56 Å². The highest BCUT2D eigenvalue weighted by molar-refractivity contribution is 7.22. The number of hydrogen-bond donors (Lipinski definition) is 2. The van der Waals surface area contributed by atoms with Crippen molar-refractivity contribution >= 4 is 44.5 Å². The van der Waals surface area contributed by atoms with Crippen molar-refractivity contribution in [3.8, 4) is 0 Å². The molecule has 2 amide bonds. The van der Waals surface area contributed by atoms with Gasteiger partial charge in [-0.15, -0.1) is 0 Å². The van der Waals surface area contributed by atoms with Gasteiger partial charge in [0.15, 0.2) is 29.2 Å². The summed E-state index contributed by atoms with van der Waals surface area (Å²) in [4.78, 5) is 40.5. The van der Waals surface area contributed by atoms with Crippen molar-refractivity contribution in [2.75, 3.05) is 11.9 Å². The summed E-state index contributed by atoms with van der Waals surface area (Å²) in [5.41, 5.74) is -0.321. The third kappa shape index (κ3) is 5.64. The van der Waals surface area contributed by atoms with Crippen molar-refractivity contribution in [3.05, 3.63) is 59.2 Å². The van der Waals surface area contributed by atoms with Crippen molar-refractivity contribution in [1.29, 1.82) is 0 Å². The molecule has 0 bridgehead atoms. The molecule has 0 fully saturated rings. The molecule has 0 aliphatic rings. The number of hydrogen-bond acceptors (Lipinski definition) is 6. The van der Waals surface area contributed by atoms with E-state index in [2.05, 4.69) is 15.6 Å². The molecule has 2 N–H and O–H groups in total. The first-order chi connectivity index (χ1) is 15.6. The van der Waals surface area contributed by atoms with Crippen LogP contribution in [0, 0.1) is 29.2 Å². The fourth-order valence-corrected chi connectivity index (χ4v) is 3.64. The number of rotatable bonds is 7. The fraction of sp³-hybridized carbons (Fsp3) is 0.238. The Morgan fingerprint density at radius 3 is 2.36 bits per heavy atom. The number of carbonyl (C=O) groups is 3. The van der Waals surface area contributed by atoms with Gasteiger partial charge in [-0.2, -0.15) is 0 Å². The van der Waals surface area contributed by atoms with Crippen LogP contribution < -0.4 is 10.6 Å². The Morgan fingerprint density at radius 2 is 1.73 bits per heavy atom. The topological polar surface area (TPSA) is 97.4 Å². The van der Waals surface area contributed by atoms with Gasteiger partial charge >= 0.3 is 5.97 Å². The van der Waals surface area contributed by atoms with E-state index >= 15 is 0 Å². The number of anilines is 1. The van der Waals surface area contributed by atoms with Crippen molar-refractivity contribution in [1.82, 2.24) is 10.3 Å². The van der Waals surface area contributed by atoms with E-state index in [0.29, 0.717) is 11.3 Å². The van der Waals surface area contributed by atoms with Crippen LogP contribution >= 0.6 is 11.3 Å². The summed E-state index contributed by atoms with van der Waals surface area (Å²) in [5.74, 6) is -7.84. The van der Waals surface area contributed by atoms with Gasteiger partial charge in [-0.05, 0) is 36.2 Å². The minimum atomic E-state index is -1.68. The van der Waals surface area contributed by atoms with Crippen LogP contribution in [0.5, 0.6) is 0 Å². The first-order valence-corrected chi connectivity index (χ1v) is 10.4. The molecule has 1 unspecified atom stereocenters. The normalized spacial score (nSPS) is 12.0. The molecule has 0 aliphatic heterocycles. The van der Waals surface area contributed by atoms with Crippen LogP contribution in [0.4, 0.5) is 22.7 Å². The SMILES string of the molecule is CC(C)C(NC(=O)c1ccc(F)cc1)C(=O)OCC(=O)Nc1nc2c(F)c(F)c(F)cc2s1. The number of esters is 1. The Kier molecular flexibility index (Phi) is 7.26. The first-order valence-electron chi connectivity index (χ1n) is 9.53. The molecule has 1 aromatic heterocycles. The number of ether oxygens (including phenoxy) is 1. The highest BCUT2D eigenvalue weighted by atomic mass is 32.1. The van der Waals surface area contributed by atoms with Gasteiger partial charge in [0.1, 0.15) is 17.4 Å². The summed E-state index contributed by atoms with van der Waals surface area (Å²) in [6, 6.07) is 4.34. The van der Waals surface area contributed by atoms with E-state index < -0.39 is 65.1 Å². The van der Waals surface area contributed by atoms with E-state index in [1.807, 2.05) is 0 Å². The van der Waals surface area contributed by atoms with Crippen molar-refractivity contribution < 1.29 is 36.7 Å². The predicted molar refractivity (Wildman–Crippen MR) is 112 cm³/mol. The van der Waals surface area contributed by atoms with E-state index in [9.17, 15) is 31.9 Å². The summed E-state index contributed by atoms with van der Waals surface area (Å²) >= 11 is 0.701. The number of carbonyl (C=O) groups excluding carboxylic acids is 3. The Labute approximate surface area is 188 Å². The molecule has 0 spiro atoms. The average Bonchev–Trinajstić information content (AvgIpc) is 3.16. The van der Waals surface area contributed by atoms with Crippen LogP contribution in [0.25, 0.3) is 10.2 Å². The molecule has 0 saturated carbocycles. The zero-order valence-corrected chi connectivity index (χ0v) is 18.1. The van der Waals surface area contributed by atoms with Crippen LogP contribution in [0.1, 0.15) is 24.2 Å². The fourth-order valence-electron chi connectivity index (χ4n) is 2.73. The maximum atomic E-state index is 13.8. The molecule has 0 aliphatic carbocycles. The van der Waals surface area contributed by atoms with Gasteiger partial charge in [0.2, 0.25) is 0 Å². The zero-order chi connectivity index (χ0) is 24.3. The summed E-state index contributed by atoms with van der Waals surface area (Å²) < 4.78 is 58.4. The molecule has 33 heavy (non-hydrogen) atoms.